The van der Waals surface area contributed by atoms with Crippen molar-refractivity contribution in [1.29, 1.82) is 0 Å². The minimum absolute atomic E-state index is 0.0945. The van der Waals surface area contributed by atoms with Crippen molar-refractivity contribution in [1.82, 2.24) is 14.9 Å². The smallest absolute Gasteiger partial charge is 0.224 e. The van der Waals surface area contributed by atoms with E-state index in [0.717, 1.165) is 44.6 Å². The lowest BCUT2D eigenvalue weighted by Gasteiger charge is -2.26. The summed E-state index contributed by atoms with van der Waals surface area (Å²) in [5.74, 6) is 0.229. The van der Waals surface area contributed by atoms with Crippen molar-refractivity contribution < 1.29 is 4.79 Å². The van der Waals surface area contributed by atoms with Crippen LogP contribution in [0.4, 0.5) is 5.69 Å². The first-order chi connectivity index (χ1) is 11.8. The van der Waals surface area contributed by atoms with Gasteiger partial charge in [0.05, 0.1) is 17.9 Å². The van der Waals surface area contributed by atoms with Gasteiger partial charge in [0.1, 0.15) is 0 Å². The zero-order chi connectivity index (χ0) is 16.4. The molecule has 0 unspecified atom stereocenters. The lowest BCUT2D eigenvalue weighted by Crippen LogP contribution is -2.34. The molecule has 5 heteroatoms. The van der Waals surface area contributed by atoms with Gasteiger partial charge < -0.3 is 9.80 Å². The van der Waals surface area contributed by atoms with E-state index in [2.05, 4.69) is 39.1 Å². The third-order valence-electron chi connectivity index (χ3n) is 5.08. The summed E-state index contributed by atoms with van der Waals surface area (Å²) in [6, 6.07) is 8.59. The van der Waals surface area contributed by atoms with Gasteiger partial charge in [0.25, 0.3) is 0 Å². The predicted octanol–water partition coefficient (Wildman–Crippen LogP) is 2.59. The molecule has 0 aliphatic carbocycles. The number of aromatic nitrogens is 2. The molecule has 0 bridgehead atoms. The van der Waals surface area contributed by atoms with Crippen LogP contribution in [0.25, 0.3) is 0 Å². The van der Waals surface area contributed by atoms with Gasteiger partial charge in [-0.05, 0) is 30.9 Å². The molecule has 2 aromatic rings. The van der Waals surface area contributed by atoms with E-state index in [1.54, 1.807) is 18.6 Å². The molecule has 1 fully saturated rings. The van der Waals surface area contributed by atoms with E-state index < -0.39 is 0 Å². The number of para-hydroxylation sites is 1. The summed E-state index contributed by atoms with van der Waals surface area (Å²) in [5.41, 5.74) is 3.59. The maximum atomic E-state index is 12.7. The molecule has 0 spiro atoms. The van der Waals surface area contributed by atoms with Crippen LogP contribution in [0, 0.1) is 0 Å². The molecule has 1 saturated heterocycles. The number of carbonyl (C=O) groups excluding carboxylic acids is 1. The Morgan fingerprint density at radius 2 is 2.12 bits per heavy atom. The normalized spacial score (nSPS) is 19.6. The van der Waals surface area contributed by atoms with E-state index in [1.807, 2.05) is 4.90 Å². The average Bonchev–Trinajstić information content (AvgIpc) is 3.28. The van der Waals surface area contributed by atoms with E-state index in [-0.39, 0.29) is 11.9 Å². The Bertz CT molecular complexity index is 718. The molecule has 3 heterocycles. The summed E-state index contributed by atoms with van der Waals surface area (Å²) in [4.78, 5) is 25.6. The van der Waals surface area contributed by atoms with E-state index in [0.29, 0.717) is 6.42 Å². The van der Waals surface area contributed by atoms with E-state index in [1.165, 1.54) is 11.3 Å². The van der Waals surface area contributed by atoms with E-state index >= 15 is 0 Å². The van der Waals surface area contributed by atoms with Crippen molar-refractivity contribution in [2.45, 2.75) is 31.7 Å². The minimum atomic E-state index is 0.0945. The molecule has 1 aromatic carbocycles. The lowest BCUT2D eigenvalue weighted by molar-refractivity contribution is -0.132. The number of nitrogens with zero attached hydrogens (tertiary/aromatic N) is 4. The van der Waals surface area contributed by atoms with Gasteiger partial charge in [-0.3, -0.25) is 14.8 Å². The van der Waals surface area contributed by atoms with Crippen LogP contribution in [-0.4, -0.2) is 40.4 Å². The number of hydrogen-bond donors (Lipinski definition) is 0. The third-order valence-corrected chi connectivity index (χ3v) is 5.08. The predicted molar refractivity (Wildman–Crippen MR) is 92.7 cm³/mol. The lowest BCUT2D eigenvalue weighted by atomic mass is 10.1. The largest absolute Gasteiger partial charge is 0.370 e. The van der Waals surface area contributed by atoms with Crippen LogP contribution in [-0.2, 0) is 11.2 Å². The number of hydrogen-bond acceptors (Lipinski definition) is 4. The summed E-state index contributed by atoms with van der Waals surface area (Å²) in [7, 11) is 0. The van der Waals surface area contributed by atoms with Crippen molar-refractivity contribution in [2.75, 3.05) is 24.5 Å². The Labute approximate surface area is 142 Å². The number of benzene rings is 1. The van der Waals surface area contributed by atoms with Crippen molar-refractivity contribution in [3.05, 3.63) is 54.1 Å². The van der Waals surface area contributed by atoms with Crippen LogP contribution in [0.15, 0.2) is 42.9 Å². The molecular formula is C19H22N4O. The van der Waals surface area contributed by atoms with Crippen molar-refractivity contribution in [2.24, 2.45) is 0 Å². The first kappa shape index (κ1) is 15.1. The molecule has 2 aliphatic heterocycles. The molecule has 0 radical (unpaired) electrons. The van der Waals surface area contributed by atoms with Gasteiger partial charge in [0.2, 0.25) is 5.91 Å². The summed E-state index contributed by atoms with van der Waals surface area (Å²) >= 11 is 0. The van der Waals surface area contributed by atoms with Crippen LogP contribution in [0.2, 0.25) is 0 Å². The average molecular weight is 322 g/mol. The van der Waals surface area contributed by atoms with Crippen molar-refractivity contribution >= 4 is 11.6 Å². The molecular weight excluding hydrogens is 300 g/mol. The Hall–Kier alpha value is -2.43. The topological polar surface area (TPSA) is 49.3 Å². The zero-order valence-corrected chi connectivity index (χ0v) is 13.8. The Kier molecular flexibility index (Phi) is 4.15. The Morgan fingerprint density at radius 3 is 3.00 bits per heavy atom. The SMILES string of the molecule is O=C(CCN1CCc2ccccc21)N1CCC[C@@H]1c1cnccn1. The molecule has 1 aromatic heterocycles. The molecule has 24 heavy (non-hydrogen) atoms. The fourth-order valence-electron chi connectivity index (χ4n) is 3.87. The second-order valence-electron chi connectivity index (χ2n) is 6.49. The zero-order valence-electron chi connectivity index (χ0n) is 13.8. The highest BCUT2D eigenvalue weighted by Gasteiger charge is 2.31. The van der Waals surface area contributed by atoms with Gasteiger partial charge in [0, 0.05) is 44.1 Å². The summed E-state index contributed by atoms with van der Waals surface area (Å²) in [6.45, 7) is 2.64. The van der Waals surface area contributed by atoms with Gasteiger partial charge in [-0.15, -0.1) is 0 Å². The summed E-state index contributed by atoms with van der Waals surface area (Å²) in [5, 5.41) is 0. The van der Waals surface area contributed by atoms with Gasteiger partial charge in [-0.1, -0.05) is 18.2 Å². The first-order valence-electron chi connectivity index (χ1n) is 8.71. The third kappa shape index (κ3) is 2.86. The van der Waals surface area contributed by atoms with Crippen LogP contribution in [0.1, 0.15) is 36.6 Å². The molecule has 124 valence electrons. The molecule has 5 nitrogen and oxygen atoms in total. The highest BCUT2D eigenvalue weighted by Crippen LogP contribution is 2.31. The fourth-order valence-corrected chi connectivity index (χ4v) is 3.87. The van der Waals surface area contributed by atoms with E-state index in [9.17, 15) is 4.79 Å². The van der Waals surface area contributed by atoms with Gasteiger partial charge in [-0.2, -0.15) is 0 Å². The second kappa shape index (κ2) is 6.59. The number of rotatable bonds is 4. The van der Waals surface area contributed by atoms with Crippen LogP contribution in [0.3, 0.4) is 0 Å². The van der Waals surface area contributed by atoms with Crippen LogP contribution >= 0.6 is 0 Å². The summed E-state index contributed by atoms with van der Waals surface area (Å²) in [6.07, 6.45) is 8.83. The number of fused-ring (bicyclic) bond motifs is 1. The van der Waals surface area contributed by atoms with Crippen molar-refractivity contribution in [3.63, 3.8) is 0 Å². The van der Waals surface area contributed by atoms with Crippen LogP contribution < -0.4 is 4.90 Å². The standard InChI is InChI=1S/C19H22N4O/c24-19(8-13-22-12-7-15-4-1-2-5-17(15)22)23-11-3-6-18(23)16-14-20-9-10-21-16/h1-2,4-5,9-10,14,18H,3,6-8,11-13H2/t18-/m1/s1. The number of carbonyl (C=O) groups is 1. The maximum absolute atomic E-state index is 12.7. The highest BCUT2D eigenvalue weighted by atomic mass is 16.2. The molecule has 0 saturated carbocycles. The second-order valence-corrected chi connectivity index (χ2v) is 6.49. The Balaban J connectivity index is 1.40. The molecule has 1 amide bonds. The minimum Gasteiger partial charge on any atom is -0.370 e. The Morgan fingerprint density at radius 1 is 1.21 bits per heavy atom. The molecule has 2 aliphatic rings. The maximum Gasteiger partial charge on any atom is 0.224 e. The molecule has 0 N–H and O–H groups in total. The fraction of sp³-hybridized carbons (Fsp3) is 0.421. The van der Waals surface area contributed by atoms with Gasteiger partial charge >= 0.3 is 0 Å². The summed E-state index contributed by atoms with van der Waals surface area (Å²) < 4.78 is 0. The van der Waals surface area contributed by atoms with Gasteiger partial charge in [0.15, 0.2) is 0 Å². The van der Waals surface area contributed by atoms with Gasteiger partial charge in [-0.25, -0.2) is 0 Å². The van der Waals surface area contributed by atoms with E-state index in [4.69, 9.17) is 0 Å². The molecule has 1 atom stereocenters. The quantitative estimate of drug-likeness (QED) is 0.868. The molecule has 4 rings (SSSR count). The number of likely N-dealkylation sites (tertiary alicyclic amines) is 1. The monoisotopic (exact) mass is 322 g/mol. The highest BCUT2D eigenvalue weighted by molar-refractivity contribution is 5.78. The number of amides is 1. The van der Waals surface area contributed by atoms with Crippen LogP contribution in [0.5, 0.6) is 0 Å². The van der Waals surface area contributed by atoms with Crippen molar-refractivity contribution in [3.8, 4) is 0 Å². The first-order valence-corrected chi connectivity index (χ1v) is 8.71. The number of anilines is 1.